The van der Waals surface area contributed by atoms with Crippen LogP contribution in [0.1, 0.15) is 26.7 Å². The van der Waals surface area contributed by atoms with Crippen LogP contribution in [0.5, 0.6) is 0 Å². The first kappa shape index (κ1) is 10.6. The standard InChI is InChI=1S/C10H20INS/c1-9(2)10-7-13(8-12(10)11)5-3-4-6-13/h9-10H,3-8H2,1-2H3/t10-/m1/s1. The fourth-order valence-corrected chi connectivity index (χ4v) is 10.0. The lowest BCUT2D eigenvalue weighted by molar-refractivity contribution is 0.379. The molecule has 13 heavy (non-hydrogen) atoms. The van der Waals surface area contributed by atoms with Crippen LogP contribution >= 0.6 is 32.9 Å². The van der Waals surface area contributed by atoms with E-state index in [0.717, 1.165) is 12.0 Å². The van der Waals surface area contributed by atoms with Crippen LogP contribution in [0.15, 0.2) is 0 Å². The Labute approximate surface area is 97.4 Å². The van der Waals surface area contributed by atoms with Crippen LogP contribution in [-0.2, 0) is 0 Å². The molecule has 3 heteroatoms. The third-order valence-electron chi connectivity index (χ3n) is 3.46. The molecule has 0 amide bonds. The summed E-state index contributed by atoms with van der Waals surface area (Å²) >= 11 is 2.56. The lowest BCUT2D eigenvalue weighted by atomic mass is 10.1. The molecule has 2 fully saturated rings. The predicted octanol–water partition coefficient (Wildman–Crippen LogP) is 3.23. The molecule has 2 heterocycles. The summed E-state index contributed by atoms with van der Waals surface area (Å²) in [6.45, 7) is 4.76. The van der Waals surface area contributed by atoms with Crippen molar-refractivity contribution in [1.29, 1.82) is 0 Å². The van der Waals surface area contributed by atoms with Crippen molar-refractivity contribution in [2.75, 3.05) is 23.1 Å². The number of rotatable bonds is 1. The first-order chi connectivity index (χ1) is 6.13. The zero-order valence-electron chi connectivity index (χ0n) is 8.63. The highest BCUT2D eigenvalue weighted by atomic mass is 127. The van der Waals surface area contributed by atoms with Gasteiger partial charge in [0.25, 0.3) is 0 Å². The van der Waals surface area contributed by atoms with Gasteiger partial charge in [-0.25, -0.2) is 13.1 Å². The molecular formula is C10H20INS. The normalized spacial score (nSPS) is 36.2. The Morgan fingerprint density at radius 1 is 1.31 bits per heavy atom. The van der Waals surface area contributed by atoms with Crippen molar-refractivity contribution in [3.05, 3.63) is 0 Å². The van der Waals surface area contributed by atoms with Crippen molar-refractivity contribution < 1.29 is 0 Å². The molecule has 0 aliphatic carbocycles. The average Bonchev–Trinajstić information content (AvgIpc) is 2.60. The Hall–Kier alpha value is 1.04. The van der Waals surface area contributed by atoms with Crippen molar-refractivity contribution in [2.24, 2.45) is 5.92 Å². The Kier molecular flexibility index (Phi) is 3.16. The van der Waals surface area contributed by atoms with Gasteiger partial charge < -0.3 is 0 Å². The summed E-state index contributed by atoms with van der Waals surface area (Å²) in [6.07, 6.45) is 3.04. The molecule has 1 nitrogen and oxygen atoms in total. The second kappa shape index (κ2) is 3.89. The third kappa shape index (κ3) is 2.02. The van der Waals surface area contributed by atoms with E-state index in [1.807, 2.05) is 0 Å². The Balaban J connectivity index is 2.05. The largest absolute Gasteiger partial charge is 0.235 e. The number of hydrogen-bond acceptors (Lipinski definition) is 1. The molecule has 78 valence electrons. The molecule has 1 spiro atoms. The predicted molar refractivity (Wildman–Crippen MR) is 70.8 cm³/mol. The van der Waals surface area contributed by atoms with Gasteiger partial charge in [-0.05, 0) is 36.0 Å². The minimum Gasteiger partial charge on any atom is -0.235 e. The van der Waals surface area contributed by atoms with Gasteiger partial charge in [0.05, 0.1) is 0 Å². The van der Waals surface area contributed by atoms with Gasteiger partial charge in [0, 0.05) is 34.8 Å². The fourth-order valence-electron chi connectivity index (χ4n) is 2.58. The van der Waals surface area contributed by atoms with Crippen LogP contribution in [0.2, 0.25) is 0 Å². The zero-order chi connectivity index (χ0) is 9.47. The lowest BCUT2D eigenvalue weighted by Crippen LogP contribution is -2.26. The Bertz CT molecular complexity index is 189. The molecule has 0 aromatic heterocycles. The van der Waals surface area contributed by atoms with Gasteiger partial charge >= 0.3 is 0 Å². The van der Waals surface area contributed by atoms with Crippen LogP contribution in [0, 0.1) is 5.92 Å². The van der Waals surface area contributed by atoms with Crippen LogP contribution in [0.25, 0.3) is 0 Å². The van der Waals surface area contributed by atoms with Crippen LogP contribution in [0.3, 0.4) is 0 Å². The first-order valence-electron chi connectivity index (χ1n) is 5.29. The van der Waals surface area contributed by atoms with Crippen LogP contribution in [-0.4, -0.2) is 32.3 Å². The van der Waals surface area contributed by atoms with Crippen molar-refractivity contribution in [2.45, 2.75) is 32.7 Å². The highest BCUT2D eigenvalue weighted by Gasteiger charge is 2.41. The summed E-state index contributed by atoms with van der Waals surface area (Å²) in [4.78, 5) is 0. The summed E-state index contributed by atoms with van der Waals surface area (Å²) in [5.41, 5.74) is 0. The van der Waals surface area contributed by atoms with Gasteiger partial charge in [0.1, 0.15) is 0 Å². The van der Waals surface area contributed by atoms with Crippen LogP contribution < -0.4 is 0 Å². The Morgan fingerprint density at radius 3 is 2.38 bits per heavy atom. The second-order valence-electron chi connectivity index (χ2n) is 4.85. The maximum absolute atomic E-state index is 2.61. The summed E-state index contributed by atoms with van der Waals surface area (Å²) in [7, 11) is -0.151. The van der Waals surface area contributed by atoms with E-state index in [1.54, 1.807) is 17.3 Å². The molecule has 0 radical (unpaired) electrons. The van der Waals surface area contributed by atoms with Gasteiger partial charge in [-0.3, -0.25) is 0 Å². The SMILES string of the molecule is CC(C)[C@H]1CS2(CCCC2)CN1I. The molecular weight excluding hydrogens is 293 g/mol. The van der Waals surface area contributed by atoms with Gasteiger partial charge in [-0.15, -0.1) is 0 Å². The van der Waals surface area contributed by atoms with Crippen molar-refractivity contribution >= 4 is 32.9 Å². The topological polar surface area (TPSA) is 3.24 Å². The first-order valence-corrected chi connectivity index (χ1v) is 8.57. The quantitative estimate of drug-likeness (QED) is 0.531. The van der Waals surface area contributed by atoms with E-state index in [-0.39, 0.29) is 10.0 Å². The molecule has 0 saturated carbocycles. The fraction of sp³-hybridized carbons (Fsp3) is 1.00. The molecule has 2 saturated heterocycles. The van der Waals surface area contributed by atoms with Gasteiger partial charge in [0.15, 0.2) is 0 Å². The monoisotopic (exact) mass is 313 g/mol. The molecule has 0 bridgehead atoms. The van der Waals surface area contributed by atoms with Gasteiger partial charge in [0.2, 0.25) is 0 Å². The molecule has 1 atom stereocenters. The maximum atomic E-state index is 2.61. The molecule has 0 aromatic carbocycles. The van der Waals surface area contributed by atoms with Crippen molar-refractivity contribution in [1.82, 2.24) is 3.11 Å². The lowest BCUT2D eigenvalue weighted by Gasteiger charge is -2.29. The van der Waals surface area contributed by atoms with Crippen molar-refractivity contribution in [3.63, 3.8) is 0 Å². The molecule has 2 rings (SSSR count). The average molecular weight is 313 g/mol. The summed E-state index contributed by atoms with van der Waals surface area (Å²) < 4.78 is 2.61. The van der Waals surface area contributed by atoms with Crippen LogP contribution in [0.4, 0.5) is 0 Å². The van der Waals surface area contributed by atoms with E-state index < -0.39 is 0 Å². The number of nitrogens with zero attached hydrogens (tertiary/aromatic N) is 1. The number of halogens is 1. The zero-order valence-corrected chi connectivity index (χ0v) is 11.6. The van der Waals surface area contributed by atoms with E-state index in [2.05, 4.69) is 39.8 Å². The van der Waals surface area contributed by atoms with E-state index in [0.29, 0.717) is 0 Å². The highest BCUT2D eigenvalue weighted by Crippen LogP contribution is 2.60. The van der Waals surface area contributed by atoms with E-state index in [9.17, 15) is 0 Å². The minimum absolute atomic E-state index is 0.151. The highest BCUT2D eigenvalue weighted by molar-refractivity contribution is 14.1. The van der Waals surface area contributed by atoms with E-state index >= 15 is 0 Å². The number of hydrogen-bond donors (Lipinski definition) is 0. The summed E-state index contributed by atoms with van der Waals surface area (Å²) in [6, 6.07) is 0.883. The second-order valence-corrected chi connectivity index (χ2v) is 9.94. The summed E-state index contributed by atoms with van der Waals surface area (Å²) in [5, 5.41) is 0. The molecule has 0 N–H and O–H groups in total. The third-order valence-corrected chi connectivity index (χ3v) is 9.16. The van der Waals surface area contributed by atoms with Gasteiger partial charge in [-0.2, -0.15) is 0 Å². The molecule has 2 aliphatic heterocycles. The van der Waals surface area contributed by atoms with Gasteiger partial charge in [-0.1, -0.05) is 13.8 Å². The maximum Gasteiger partial charge on any atom is 0.0389 e. The van der Waals surface area contributed by atoms with E-state index in [1.165, 1.54) is 18.7 Å². The molecule has 2 aliphatic rings. The minimum atomic E-state index is -0.151. The smallest absolute Gasteiger partial charge is 0.0389 e. The van der Waals surface area contributed by atoms with E-state index in [4.69, 9.17) is 0 Å². The molecule has 0 aromatic rings. The molecule has 0 unspecified atom stereocenters. The van der Waals surface area contributed by atoms with Crippen molar-refractivity contribution in [3.8, 4) is 0 Å². The summed E-state index contributed by atoms with van der Waals surface area (Å²) in [5.74, 6) is 7.00. The Morgan fingerprint density at radius 2 is 1.92 bits per heavy atom.